The van der Waals surface area contributed by atoms with Crippen LogP contribution in [0.5, 0.6) is 0 Å². The Kier molecular flexibility index (Phi) is 1.59. The van der Waals surface area contributed by atoms with Crippen molar-refractivity contribution < 1.29 is 0 Å². The SMILES string of the molecule is CCc1cn[nH]c1C12CC1c1ccccc1N2. The first-order chi connectivity index (χ1) is 8.35. The minimum absolute atomic E-state index is 0.117. The van der Waals surface area contributed by atoms with Crippen molar-refractivity contribution in [3.05, 3.63) is 47.3 Å². The van der Waals surface area contributed by atoms with Crippen LogP contribution >= 0.6 is 0 Å². The summed E-state index contributed by atoms with van der Waals surface area (Å²) in [5, 5.41) is 11.1. The molecule has 2 aliphatic rings. The lowest BCUT2D eigenvalue weighted by Crippen LogP contribution is -2.19. The molecule has 1 aliphatic carbocycles. The average molecular weight is 225 g/mol. The molecule has 86 valence electrons. The number of H-pyrrole nitrogens is 1. The molecule has 0 amide bonds. The third kappa shape index (κ3) is 1.04. The number of hydrogen-bond acceptors (Lipinski definition) is 2. The highest BCUT2D eigenvalue weighted by atomic mass is 15.2. The van der Waals surface area contributed by atoms with E-state index >= 15 is 0 Å². The molecule has 0 radical (unpaired) electrons. The quantitative estimate of drug-likeness (QED) is 0.825. The zero-order valence-electron chi connectivity index (χ0n) is 9.83. The number of nitrogens with one attached hydrogen (secondary N) is 2. The van der Waals surface area contributed by atoms with Crippen LogP contribution in [0.2, 0.25) is 0 Å². The van der Waals surface area contributed by atoms with Gasteiger partial charge in [0.25, 0.3) is 0 Å². The van der Waals surface area contributed by atoms with Crippen molar-refractivity contribution in [2.24, 2.45) is 0 Å². The molecular formula is C14H15N3. The van der Waals surface area contributed by atoms with E-state index < -0.39 is 0 Å². The Labute approximate surface area is 100 Å². The van der Waals surface area contributed by atoms with Crippen molar-refractivity contribution in [2.45, 2.75) is 31.2 Å². The highest BCUT2D eigenvalue weighted by Crippen LogP contribution is 2.66. The molecule has 2 N–H and O–H groups in total. The van der Waals surface area contributed by atoms with E-state index in [2.05, 4.69) is 46.7 Å². The highest BCUT2D eigenvalue weighted by molar-refractivity contribution is 5.68. The van der Waals surface area contributed by atoms with E-state index in [4.69, 9.17) is 0 Å². The lowest BCUT2D eigenvalue weighted by atomic mass is 10.0. The second kappa shape index (κ2) is 2.92. The van der Waals surface area contributed by atoms with E-state index in [0.29, 0.717) is 5.92 Å². The smallest absolute Gasteiger partial charge is 0.0870 e. The van der Waals surface area contributed by atoms with E-state index in [-0.39, 0.29) is 5.54 Å². The predicted molar refractivity (Wildman–Crippen MR) is 67.1 cm³/mol. The summed E-state index contributed by atoms with van der Waals surface area (Å²) in [6.45, 7) is 2.18. The normalized spacial score (nSPS) is 28.4. The number of aromatic nitrogens is 2. The van der Waals surface area contributed by atoms with Gasteiger partial charge in [0.2, 0.25) is 0 Å². The molecule has 1 aromatic heterocycles. The van der Waals surface area contributed by atoms with Crippen molar-refractivity contribution in [1.82, 2.24) is 10.2 Å². The monoisotopic (exact) mass is 225 g/mol. The van der Waals surface area contributed by atoms with E-state index in [0.717, 1.165) is 6.42 Å². The second-order valence-electron chi connectivity index (χ2n) is 5.06. The summed E-state index contributed by atoms with van der Waals surface area (Å²) in [7, 11) is 0. The van der Waals surface area contributed by atoms with E-state index in [9.17, 15) is 0 Å². The van der Waals surface area contributed by atoms with Crippen LogP contribution in [0.15, 0.2) is 30.5 Å². The first-order valence-electron chi connectivity index (χ1n) is 6.25. The average Bonchev–Trinajstić information content (AvgIpc) is 2.78. The van der Waals surface area contributed by atoms with Crippen LogP contribution in [-0.2, 0) is 12.0 Å². The zero-order chi connectivity index (χ0) is 11.5. The summed E-state index contributed by atoms with van der Waals surface area (Å²) in [6, 6.07) is 8.63. The zero-order valence-corrected chi connectivity index (χ0v) is 9.83. The molecule has 1 aliphatic heterocycles. The van der Waals surface area contributed by atoms with Gasteiger partial charge < -0.3 is 5.32 Å². The largest absolute Gasteiger partial charge is 0.373 e. The molecule has 0 spiro atoms. The molecular weight excluding hydrogens is 210 g/mol. The predicted octanol–water partition coefficient (Wildman–Crippen LogP) is 2.78. The molecule has 17 heavy (non-hydrogen) atoms. The summed E-state index contributed by atoms with van der Waals surface area (Å²) < 4.78 is 0. The maximum absolute atomic E-state index is 4.21. The van der Waals surface area contributed by atoms with Crippen molar-refractivity contribution >= 4 is 5.69 Å². The molecule has 2 unspecified atom stereocenters. The fourth-order valence-electron chi connectivity index (χ4n) is 3.24. The first-order valence-corrected chi connectivity index (χ1v) is 6.25. The lowest BCUT2D eigenvalue weighted by Gasteiger charge is -2.15. The van der Waals surface area contributed by atoms with Crippen molar-refractivity contribution in [2.75, 3.05) is 5.32 Å². The Hall–Kier alpha value is -1.77. The number of para-hydroxylation sites is 1. The van der Waals surface area contributed by atoms with E-state index in [1.807, 2.05) is 6.20 Å². The van der Waals surface area contributed by atoms with Gasteiger partial charge in [-0.1, -0.05) is 25.1 Å². The molecule has 3 nitrogen and oxygen atoms in total. The van der Waals surface area contributed by atoms with Crippen LogP contribution in [0.4, 0.5) is 5.69 Å². The summed E-state index contributed by atoms with van der Waals surface area (Å²) in [5.41, 5.74) is 5.50. The summed E-state index contributed by atoms with van der Waals surface area (Å²) >= 11 is 0. The summed E-state index contributed by atoms with van der Waals surface area (Å²) in [5.74, 6) is 0.629. The van der Waals surface area contributed by atoms with Crippen LogP contribution in [0.25, 0.3) is 0 Å². The summed E-state index contributed by atoms with van der Waals surface area (Å²) in [6.07, 6.45) is 4.20. The van der Waals surface area contributed by atoms with Crippen molar-refractivity contribution in [3.63, 3.8) is 0 Å². The molecule has 4 rings (SSSR count). The maximum Gasteiger partial charge on any atom is 0.0870 e. The van der Waals surface area contributed by atoms with Crippen molar-refractivity contribution in [1.29, 1.82) is 0 Å². The van der Waals surface area contributed by atoms with Gasteiger partial charge in [0.15, 0.2) is 0 Å². The number of nitrogens with zero attached hydrogens (tertiary/aromatic N) is 1. The van der Waals surface area contributed by atoms with Crippen LogP contribution in [-0.4, -0.2) is 10.2 Å². The Morgan fingerprint density at radius 2 is 2.29 bits per heavy atom. The Bertz CT molecular complexity index is 587. The van der Waals surface area contributed by atoms with Gasteiger partial charge in [-0.2, -0.15) is 5.10 Å². The Morgan fingerprint density at radius 3 is 3.12 bits per heavy atom. The molecule has 3 heteroatoms. The lowest BCUT2D eigenvalue weighted by molar-refractivity contribution is 0.745. The first kappa shape index (κ1) is 9.28. The molecule has 0 saturated heterocycles. The number of aryl methyl sites for hydroxylation is 1. The third-order valence-electron chi connectivity index (χ3n) is 4.20. The van der Waals surface area contributed by atoms with Crippen LogP contribution in [0, 0.1) is 0 Å². The standard InChI is InChI=1S/C14H15N3/c1-2-9-8-15-17-13(9)14-7-11(14)10-5-3-4-6-12(10)16-14/h3-6,8,11,16H,2,7H2,1H3,(H,15,17). The number of benzene rings is 1. The van der Waals surface area contributed by atoms with Gasteiger partial charge in [0.05, 0.1) is 17.4 Å². The number of anilines is 1. The summed E-state index contributed by atoms with van der Waals surface area (Å²) in [4.78, 5) is 0. The van der Waals surface area contributed by atoms with Gasteiger partial charge in [0.1, 0.15) is 0 Å². The Morgan fingerprint density at radius 1 is 1.41 bits per heavy atom. The van der Waals surface area contributed by atoms with Gasteiger partial charge >= 0.3 is 0 Å². The Balaban J connectivity index is 1.81. The fourth-order valence-corrected chi connectivity index (χ4v) is 3.24. The number of hydrogen-bond donors (Lipinski definition) is 2. The molecule has 2 heterocycles. The molecule has 1 saturated carbocycles. The molecule has 2 aromatic rings. The van der Waals surface area contributed by atoms with Gasteiger partial charge in [0, 0.05) is 11.6 Å². The topological polar surface area (TPSA) is 40.7 Å². The third-order valence-corrected chi connectivity index (χ3v) is 4.20. The molecule has 0 bridgehead atoms. The number of fused-ring (bicyclic) bond motifs is 3. The number of aromatic amines is 1. The fraction of sp³-hybridized carbons (Fsp3) is 0.357. The van der Waals surface area contributed by atoms with E-state index in [1.165, 1.54) is 28.9 Å². The van der Waals surface area contributed by atoms with Gasteiger partial charge in [-0.05, 0) is 30.0 Å². The van der Waals surface area contributed by atoms with Gasteiger partial charge in [-0.15, -0.1) is 0 Å². The molecule has 2 atom stereocenters. The van der Waals surface area contributed by atoms with Crippen molar-refractivity contribution in [3.8, 4) is 0 Å². The highest BCUT2D eigenvalue weighted by Gasteiger charge is 2.62. The number of rotatable bonds is 2. The molecule has 1 aromatic carbocycles. The van der Waals surface area contributed by atoms with Gasteiger partial charge in [-0.25, -0.2) is 0 Å². The van der Waals surface area contributed by atoms with Crippen LogP contribution in [0.1, 0.15) is 36.1 Å². The second-order valence-corrected chi connectivity index (χ2v) is 5.06. The van der Waals surface area contributed by atoms with E-state index in [1.54, 1.807) is 0 Å². The van der Waals surface area contributed by atoms with Gasteiger partial charge in [-0.3, -0.25) is 5.10 Å². The van der Waals surface area contributed by atoms with Crippen LogP contribution < -0.4 is 5.32 Å². The minimum atomic E-state index is 0.117. The maximum atomic E-state index is 4.21. The minimum Gasteiger partial charge on any atom is -0.373 e. The molecule has 1 fully saturated rings. The van der Waals surface area contributed by atoms with Crippen LogP contribution in [0.3, 0.4) is 0 Å².